The average molecular weight is 337 g/mol. The fourth-order valence-electron chi connectivity index (χ4n) is 1.86. The number of benzene rings is 1. The van der Waals surface area contributed by atoms with E-state index >= 15 is 0 Å². The quantitative estimate of drug-likeness (QED) is 0.565. The van der Waals surface area contributed by atoms with Gasteiger partial charge < -0.3 is 14.2 Å². The van der Waals surface area contributed by atoms with E-state index in [0.717, 1.165) is 24.3 Å². The number of carbonyl (C=O) groups excluding carboxylic acids is 2. The lowest BCUT2D eigenvalue weighted by molar-refractivity contribution is -0.121. The molecule has 1 heterocycles. The second-order valence-electron chi connectivity index (χ2n) is 5.63. The Morgan fingerprint density at radius 3 is 2.38 bits per heavy atom. The van der Waals surface area contributed by atoms with Gasteiger partial charge in [0.05, 0.1) is 26.4 Å². The number of carbonyl (C=O) groups is 2. The Morgan fingerprint density at radius 1 is 1.29 bits per heavy atom. The van der Waals surface area contributed by atoms with Crippen molar-refractivity contribution in [1.29, 1.82) is 0 Å². The van der Waals surface area contributed by atoms with Gasteiger partial charge in [0.25, 0.3) is 0 Å². The summed E-state index contributed by atoms with van der Waals surface area (Å²) in [6.07, 6.45) is 0.785. The zero-order valence-corrected chi connectivity index (χ0v) is 14.9. The SMILES string of the molecule is CCCOCC(C)=O.COC(=O)N(CC1CO1)c1ccc(C)cc1. The Kier molecular flexibility index (Phi) is 9.04. The molecule has 0 aromatic heterocycles. The number of methoxy groups -OCH3 is 1. The van der Waals surface area contributed by atoms with Crippen LogP contribution in [-0.4, -0.2) is 51.5 Å². The molecule has 1 atom stereocenters. The monoisotopic (exact) mass is 337 g/mol. The number of amides is 1. The minimum Gasteiger partial charge on any atom is -0.452 e. The second-order valence-corrected chi connectivity index (χ2v) is 5.63. The van der Waals surface area contributed by atoms with E-state index in [1.165, 1.54) is 14.0 Å². The summed E-state index contributed by atoms with van der Waals surface area (Å²) >= 11 is 0. The van der Waals surface area contributed by atoms with Crippen molar-refractivity contribution in [1.82, 2.24) is 0 Å². The van der Waals surface area contributed by atoms with Crippen LogP contribution in [-0.2, 0) is 19.0 Å². The van der Waals surface area contributed by atoms with Crippen LogP contribution in [0.3, 0.4) is 0 Å². The maximum atomic E-state index is 11.6. The van der Waals surface area contributed by atoms with Gasteiger partial charge in [-0.2, -0.15) is 0 Å². The molecular weight excluding hydrogens is 310 g/mol. The van der Waals surface area contributed by atoms with Gasteiger partial charge in [-0.1, -0.05) is 24.6 Å². The van der Waals surface area contributed by atoms with Crippen LogP contribution in [0.2, 0.25) is 0 Å². The summed E-state index contributed by atoms with van der Waals surface area (Å²) in [7, 11) is 1.39. The summed E-state index contributed by atoms with van der Waals surface area (Å²) in [6, 6.07) is 7.77. The molecule has 1 aromatic rings. The van der Waals surface area contributed by atoms with Crippen molar-refractivity contribution in [3.05, 3.63) is 29.8 Å². The Bertz CT molecular complexity index is 511. The molecule has 6 heteroatoms. The molecule has 0 radical (unpaired) electrons. The highest BCUT2D eigenvalue weighted by molar-refractivity contribution is 5.87. The Labute approximate surface area is 143 Å². The van der Waals surface area contributed by atoms with E-state index in [0.29, 0.717) is 13.2 Å². The molecule has 6 nitrogen and oxygen atoms in total. The molecule has 1 aliphatic heterocycles. The number of hydrogen-bond acceptors (Lipinski definition) is 5. The van der Waals surface area contributed by atoms with E-state index in [2.05, 4.69) is 0 Å². The molecule has 1 aromatic carbocycles. The first-order valence-electron chi connectivity index (χ1n) is 8.08. The van der Waals surface area contributed by atoms with E-state index in [1.54, 1.807) is 4.90 Å². The Hall–Kier alpha value is -1.92. The van der Waals surface area contributed by atoms with Gasteiger partial charge in [0.2, 0.25) is 0 Å². The second kappa shape index (κ2) is 10.8. The van der Waals surface area contributed by atoms with Crippen molar-refractivity contribution in [2.75, 3.05) is 38.4 Å². The van der Waals surface area contributed by atoms with Gasteiger partial charge in [-0.15, -0.1) is 0 Å². The fourth-order valence-corrected chi connectivity index (χ4v) is 1.86. The van der Waals surface area contributed by atoms with Crippen molar-refractivity contribution in [3.8, 4) is 0 Å². The van der Waals surface area contributed by atoms with Crippen LogP contribution in [0.15, 0.2) is 24.3 Å². The molecule has 1 amide bonds. The minimum absolute atomic E-state index is 0.0958. The largest absolute Gasteiger partial charge is 0.452 e. The molecule has 0 N–H and O–H groups in total. The summed E-state index contributed by atoms with van der Waals surface area (Å²) in [5, 5.41) is 0. The van der Waals surface area contributed by atoms with Gasteiger partial charge in [0.15, 0.2) is 5.78 Å². The van der Waals surface area contributed by atoms with Crippen LogP contribution >= 0.6 is 0 Å². The number of nitrogens with zero attached hydrogens (tertiary/aromatic N) is 1. The summed E-state index contributed by atoms with van der Waals surface area (Å²) < 4.78 is 14.8. The first-order valence-corrected chi connectivity index (χ1v) is 8.08. The van der Waals surface area contributed by atoms with Crippen molar-refractivity contribution >= 4 is 17.6 Å². The number of anilines is 1. The number of rotatable bonds is 7. The molecule has 134 valence electrons. The van der Waals surface area contributed by atoms with Crippen molar-refractivity contribution in [2.24, 2.45) is 0 Å². The van der Waals surface area contributed by atoms with E-state index in [9.17, 15) is 9.59 Å². The van der Waals surface area contributed by atoms with Crippen LogP contribution in [0.1, 0.15) is 25.8 Å². The van der Waals surface area contributed by atoms with Gasteiger partial charge in [-0.3, -0.25) is 9.69 Å². The van der Waals surface area contributed by atoms with Gasteiger partial charge in [-0.05, 0) is 32.4 Å². The molecule has 1 aliphatic rings. The van der Waals surface area contributed by atoms with Crippen LogP contribution in [0.5, 0.6) is 0 Å². The molecule has 0 bridgehead atoms. The van der Waals surface area contributed by atoms with E-state index in [-0.39, 0.29) is 24.6 Å². The van der Waals surface area contributed by atoms with Crippen LogP contribution < -0.4 is 4.90 Å². The molecule has 2 rings (SSSR count). The zero-order chi connectivity index (χ0) is 17.9. The first-order chi connectivity index (χ1) is 11.5. The third-order valence-corrected chi connectivity index (χ3v) is 3.18. The number of aryl methyl sites for hydroxylation is 1. The van der Waals surface area contributed by atoms with Crippen LogP contribution in [0.25, 0.3) is 0 Å². The fraction of sp³-hybridized carbons (Fsp3) is 0.556. The van der Waals surface area contributed by atoms with Gasteiger partial charge in [0, 0.05) is 12.3 Å². The predicted molar refractivity (Wildman–Crippen MR) is 92.5 cm³/mol. The molecule has 1 unspecified atom stereocenters. The van der Waals surface area contributed by atoms with E-state index in [1.807, 2.05) is 38.1 Å². The highest BCUT2D eigenvalue weighted by Gasteiger charge is 2.29. The van der Waals surface area contributed by atoms with Crippen LogP contribution in [0.4, 0.5) is 10.5 Å². The molecule has 1 fully saturated rings. The summed E-state index contributed by atoms with van der Waals surface area (Å²) in [5.41, 5.74) is 2.00. The summed E-state index contributed by atoms with van der Waals surface area (Å²) in [4.78, 5) is 23.4. The summed E-state index contributed by atoms with van der Waals surface area (Å²) in [5.74, 6) is 0.0958. The smallest absolute Gasteiger partial charge is 0.414 e. The number of hydrogen-bond donors (Lipinski definition) is 0. The molecule has 0 aliphatic carbocycles. The topological polar surface area (TPSA) is 68.4 Å². The first kappa shape index (κ1) is 20.1. The van der Waals surface area contributed by atoms with Crippen molar-refractivity contribution < 1.29 is 23.8 Å². The van der Waals surface area contributed by atoms with Gasteiger partial charge in [0.1, 0.15) is 6.61 Å². The lowest BCUT2D eigenvalue weighted by Gasteiger charge is -2.20. The molecule has 0 spiro atoms. The third-order valence-electron chi connectivity index (χ3n) is 3.18. The van der Waals surface area contributed by atoms with Gasteiger partial charge >= 0.3 is 6.09 Å². The van der Waals surface area contributed by atoms with Crippen LogP contribution in [0, 0.1) is 6.92 Å². The average Bonchev–Trinajstić information content (AvgIpc) is 3.38. The lowest BCUT2D eigenvalue weighted by atomic mass is 10.2. The number of epoxide rings is 1. The van der Waals surface area contributed by atoms with Crippen molar-refractivity contribution in [3.63, 3.8) is 0 Å². The normalized spacial score (nSPS) is 15.1. The molecule has 0 saturated carbocycles. The molecule has 1 saturated heterocycles. The lowest BCUT2D eigenvalue weighted by Crippen LogP contribution is -2.34. The molecule has 24 heavy (non-hydrogen) atoms. The van der Waals surface area contributed by atoms with Gasteiger partial charge in [-0.25, -0.2) is 4.79 Å². The third kappa shape index (κ3) is 8.08. The van der Waals surface area contributed by atoms with Crippen molar-refractivity contribution in [2.45, 2.75) is 33.3 Å². The minimum atomic E-state index is -0.348. The highest BCUT2D eigenvalue weighted by atomic mass is 16.6. The van der Waals surface area contributed by atoms with E-state index < -0.39 is 0 Å². The summed E-state index contributed by atoms with van der Waals surface area (Å²) in [6.45, 7) is 7.79. The maximum absolute atomic E-state index is 11.6. The Balaban J connectivity index is 0.000000307. The standard InChI is InChI=1S/C12H15NO3.C6H12O2/c1-9-3-5-10(6-4-9)13(12(14)15-2)7-11-8-16-11;1-3-4-8-5-6(2)7/h3-6,11H,7-8H2,1-2H3;3-5H2,1-2H3. The highest BCUT2D eigenvalue weighted by Crippen LogP contribution is 2.20. The predicted octanol–water partition coefficient (Wildman–Crippen LogP) is 2.97. The zero-order valence-electron chi connectivity index (χ0n) is 14.9. The number of Topliss-reactive ketones (excluding diaryl/α,β-unsaturated/α-hetero) is 1. The Morgan fingerprint density at radius 2 is 1.92 bits per heavy atom. The maximum Gasteiger partial charge on any atom is 0.414 e. The number of ketones is 1. The molecular formula is C18H27NO5. The number of ether oxygens (including phenoxy) is 3. The van der Waals surface area contributed by atoms with E-state index in [4.69, 9.17) is 14.2 Å².